The van der Waals surface area contributed by atoms with E-state index in [0.29, 0.717) is 11.3 Å². The molecule has 1 heterocycles. The van der Waals surface area contributed by atoms with Crippen LogP contribution in [0, 0.1) is 0 Å². The van der Waals surface area contributed by atoms with Crippen LogP contribution in [0.1, 0.15) is 10.4 Å². The molecule has 0 N–H and O–H groups in total. The van der Waals surface area contributed by atoms with E-state index in [1.54, 1.807) is 11.1 Å². The molecule has 0 fully saturated rings. The van der Waals surface area contributed by atoms with Crippen LogP contribution in [0.25, 0.3) is 0 Å². The van der Waals surface area contributed by atoms with Gasteiger partial charge in [-0.1, -0.05) is 30.3 Å². The SMILES string of the molecule is O=C1CN(c2ccccc2)Oc2ccccc21. The number of rotatable bonds is 1. The second kappa shape index (κ2) is 3.94. The molecule has 84 valence electrons. The molecule has 0 bridgehead atoms. The van der Waals surface area contributed by atoms with Gasteiger partial charge in [-0.3, -0.25) is 4.79 Å². The molecular weight excluding hydrogens is 214 g/mol. The molecular formula is C14H11NO2. The Kier molecular flexibility index (Phi) is 2.29. The molecule has 2 aromatic rings. The van der Waals surface area contributed by atoms with Gasteiger partial charge in [-0.05, 0) is 24.3 Å². The topological polar surface area (TPSA) is 29.5 Å². The standard InChI is InChI=1S/C14H11NO2/c16-13-10-15(11-6-2-1-3-7-11)17-14-9-5-4-8-12(13)14/h1-9H,10H2. The number of benzene rings is 2. The Balaban J connectivity index is 1.97. The second-order valence-electron chi connectivity index (χ2n) is 3.88. The number of hydrogen-bond donors (Lipinski definition) is 0. The molecule has 3 rings (SSSR count). The molecule has 0 spiro atoms. The number of hydrogen-bond acceptors (Lipinski definition) is 3. The quantitative estimate of drug-likeness (QED) is 0.747. The summed E-state index contributed by atoms with van der Waals surface area (Å²) in [4.78, 5) is 17.6. The number of fused-ring (bicyclic) bond motifs is 1. The zero-order valence-corrected chi connectivity index (χ0v) is 9.17. The van der Waals surface area contributed by atoms with Gasteiger partial charge in [0.25, 0.3) is 0 Å². The Bertz CT molecular complexity index is 551. The zero-order valence-electron chi connectivity index (χ0n) is 9.17. The molecule has 17 heavy (non-hydrogen) atoms. The summed E-state index contributed by atoms with van der Waals surface area (Å²) in [6.45, 7) is 0.251. The highest BCUT2D eigenvalue weighted by Crippen LogP contribution is 2.27. The fourth-order valence-corrected chi connectivity index (χ4v) is 1.88. The minimum Gasteiger partial charge on any atom is -0.378 e. The highest BCUT2D eigenvalue weighted by atomic mass is 16.7. The highest BCUT2D eigenvalue weighted by molar-refractivity contribution is 6.02. The summed E-state index contributed by atoms with van der Waals surface area (Å²) in [6.07, 6.45) is 0. The minimum atomic E-state index is 0.0794. The first-order chi connectivity index (χ1) is 8.34. The average molecular weight is 225 g/mol. The molecule has 0 atom stereocenters. The molecule has 1 aliphatic heterocycles. The molecule has 0 saturated heterocycles. The molecule has 0 unspecified atom stereocenters. The highest BCUT2D eigenvalue weighted by Gasteiger charge is 2.24. The summed E-state index contributed by atoms with van der Waals surface area (Å²) in [5, 5.41) is 1.62. The van der Waals surface area contributed by atoms with E-state index < -0.39 is 0 Å². The maximum absolute atomic E-state index is 11.9. The lowest BCUT2D eigenvalue weighted by Crippen LogP contribution is -2.37. The predicted molar refractivity (Wildman–Crippen MR) is 65.2 cm³/mol. The van der Waals surface area contributed by atoms with Gasteiger partial charge in [0.2, 0.25) is 0 Å². The molecule has 2 aromatic carbocycles. The van der Waals surface area contributed by atoms with Gasteiger partial charge in [0.05, 0.1) is 11.3 Å². The lowest BCUT2D eigenvalue weighted by molar-refractivity contribution is 0.0942. The van der Waals surface area contributed by atoms with Crippen molar-refractivity contribution in [3.8, 4) is 5.75 Å². The third-order valence-corrected chi connectivity index (χ3v) is 2.73. The summed E-state index contributed by atoms with van der Waals surface area (Å²) in [5.41, 5.74) is 1.54. The first-order valence-electron chi connectivity index (χ1n) is 5.47. The molecule has 3 heteroatoms. The Hall–Kier alpha value is -2.29. The van der Waals surface area contributed by atoms with Gasteiger partial charge in [0.15, 0.2) is 11.5 Å². The van der Waals surface area contributed by atoms with E-state index in [4.69, 9.17) is 4.84 Å². The minimum absolute atomic E-state index is 0.0794. The van der Waals surface area contributed by atoms with E-state index in [1.165, 1.54) is 0 Å². The summed E-state index contributed by atoms with van der Waals surface area (Å²) in [7, 11) is 0. The van der Waals surface area contributed by atoms with Crippen molar-refractivity contribution in [3.63, 3.8) is 0 Å². The number of carbonyl (C=O) groups excluding carboxylic acids is 1. The van der Waals surface area contributed by atoms with Gasteiger partial charge >= 0.3 is 0 Å². The molecule has 0 radical (unpaired) electrons. The summed E-state index contributed by atoms with van der Waals surface area (Å²) in [5.74, 6) is 0.698. The van der Waals surface area contributed by atoms with Gasteiger partial charge in [-0.25, -0.2) is 5.06 Å². The van der Waals surface area contributed by atoms with Crippen LogP contribution in [0.15, 0.2) is 54.6 Å². The van der Waals surface area contributed by atoms with Crippen LogP contribution in [0.2, 0.25) is 0 Å². The third-order valence-electron chi connectivity index (χ3n) is 2.73. The largest absolute Gasteiger partial charge is 0.378 e. The monoisotopic (exact) mass is 225 g/mol. The zero-order chi connectivity index (χ0) is 11.7. The fourth-order valence-electron chi connectivity index (χ4n) is 1.88. The lowest BCUT2D eigenvalue weighted by Gasteiger charge is -2.28. The molecule has 0 aromatic heterocycles. The number of para-hydroxylation sites is 2. The van der Waals surface area contributed by atoms with E-state index in [-0.39, 0.29) is 12.3 Å². The molecule has 0 aliphatic carbocycles. The predicted octanol–water partition coefficient (Wildman–Crippen LogP) is 2.68. The summed E-state index contributed by atoms with van der Waals surface area (Å²) in [6, 6.07) is 16.9. The van der Waals surface area contributed by atoms with Crippen LogP contribution < -0.4 is 9.90 Å². The van der Waals surface area contributed by atoms with Crippen molar-refractivity contribution in [2.75, 3.05) is 11.6 Å². The average Bonchev–Trinajstić information content (AvgIpc) is 2.40. The van der Waals surface area contributed by atoms with Gasteiger partial charge in [0, 0.05) is 0 Å². The molecule has 1 aliphatic rings. The van der Waals surface area contributed by atoms with Crippen molar-refractivity contribution in [2.24, 2.45) is 0 Å². The number of anilines is 1. The van der Waals surface area contributed by atoms with Gasteiger partial charge in [-0.2, -0.15) is 0 Å². The van der Waals surface area contributed by atoms with E-state index in [1.807, 2.05) is 48.5 Å². The van der Waals surface area contributed by atoms with Gasteiger partial charge < -0.3 is 4.84 Å². The van der Waals surface area contributed by atoms with Crippen LogP contribution >= 0.6 is 0 Å². The number of ketones is 1. The van der Waals surface area contributed by atoms with Crippen molar-refractivity contribution in [2.45, 2.75) is 0 Å². The van der Waals surface area contributed by atoms with E-state index >= 15 is 0 Å². The van der Waals surface area contributed by atoms with Crippen LogP contribution in [-0.2, 0) is 0 Å². The van der Waals surface area contributed by atoms with Crippen LogP contribution in [-0.4, -0.2) is 12.3 Å². The van der Waals surface area contributed by atoms with Gasteiger partial charge in [0.1, 0.15) is 6.54 Å². The lowest BCUT2D eigenvalue weighted by atomic mass is 10.1. The number of nitrogens with zero attached hydrogens (tertiary/aromatic N) is 1. The van der Waals surface area contributed by atoms with Crippen LogP contribution in [0.3, 0.4) is 0 Å². The van der Waals surface area contributed by atoms with Crippen molar-refractivity contribution < 1.29 is 9.63 Å². The first-order valence-corrected chi connectivity index (χ1v) is 5.47. The Morgan fingerprint density at radius 3 is 2.47 bits per heavy atom. The first kappa shape index (κ1) is 9.90. The summed E-state index contributed by atoms with van der Waals surface area (Å²) < 4.78 is 0. The van der Waals surface area contributed by atoms with E-state index in [9.17, 15) is 4.79 Å². The smallest absolute Gasteiger partial charge is 0.189 e. The third kappa shape index (κ3) is 1.76. The molecule has 3 nitrogen and oxygen atoms in total. The molecule has 0 saturated carbocycles. The maximum Gasteiger partial charge on any atom is 0.189 e. The van der Waals surface area contributed by atoms with Crippen molar-refractivity contribution in [3.05, 3.63) is 60.2 Å². The summed E-state index contributed by atoms with van der Waals surface area (Å²) >= 11 is 0. The van der Waals surface area contributed by atoms with E-state index in [0.717, 1.165) is 5.69 Å². The number of Topliss-reactive ketones (excluding diaryl/α,β-unsaturated/α-hetero) is 1. The van der Waals surface area contributed by atoms with Crippen LogP contribution in [0.5, 0.6) is 5.75 Å². The van der Waals surface area contributed by atoms with Crippen LogP contribution in [0.4, 0.5) is 5.69 Å². The Morgan fingerprint density at radius 2 is 1.65 bits per heavy atom. The maximum atomic E-state index is 11.9. The fraction of sp³-hybridized carbons (Fsp3) is 0.0714. The van der Waals surface area contributed by atoms with Gasteiger partial charge in [-0.15, -0.1) is 0 Å². The Morgan fingerprint density at radius 1 is 0.941 bits per heavy atom. The van der Waals surface area contributed by atoms with E-state index in [2.05, 4.69) is 0 Å². The Labute approximate surface area is 99.2 Å². The van der Waals surface area contributed by atoms with Crippen molar-refractivity contribution in [1.82, 2.24) is 0 Å². The van der Waals surface area contributed by atoms with Crippen molar-refractivity contribution >= 4 is 11.5 Å². The molecule has 0 amide bonds. The number of hydroxylamine groups is 1. The normalized spacial score (nSPS) is 14.1. The van der Waals surface area contributed by atoms with Crippen molar-refractivity contribution in [1.29, 1.82) is 0 Å². The number of carbonyl (C=O) groups is 1. The second-order valence-corrected chi connectivity index (χ2v) is 3.88.